The summed E-state index contributed by atoms with van der Waals surface area (Å²) in [6.07, 6.45) is 0.974. The molecule has 2 heterocycles. The molecule has 0 aromatic heterocycles. The minimum absolute atomic E-state index is 0.0124. The van der Waals surface area contributed by atoms with Gasteiger partial charge in [-0.1, -0.05) is 15.9 Å². The second-order valence-corrected chi connectivity index (χ2v) is 10.5. The molecule has 32 heavy (non-hydrogen) atoms. The average Bonchev–Trinajstić information content (AvgIpc) is 3.40. The summed E-state index contributed by atoms with van der Waals surface area (Å²) >= 11 is 3.31. The van der Waals surface area contributed by atoms with Crippen LogP contribution >= 0.6 is 15.9 Å². The van der Waals surface area contributed by atoms with Gasteiger partial charge < -0.3 is 9.47 Å². The van der Waals surface area contributed by atoms with Crippen LogP contribution < -0.4 is 9.64 Å². The van der Waals surface area contributed by atoms with Gasteiger partial charge in [-0.25, -0.2) is 13.3 Å². The number of hydrogen-bond acceptors (Lipinski definition) is 6. The molecule has 8 nitrogen and oxygen atoms in total. The van der Waals surface area contributed by atoms with Crippen molar-refractivity contribution in [3.63, 3.8) is 0 Å². The maximum Gasteiger partial charge on any atom is 0.252 e. The molecular weight excluding hydrogens is 500 g/mol. The van der Waals surface area contributed by atoms with Gasteiger partial charge in [-0.3, -0.25) is 9.59 Å². The first-order chi connectivity index (χ1) is 15.3. The Morgan fingerprint density at radius 2 is 1.81 bits per heavy atom. The van der Waals surface area contributed by atoms with Crippen molar-refractivity contribution in [1.82, 2.24) is 4.31 Å². The lowest BCUT2D eigenvalue weighted by molar-refractivity contribution is -0.122. The van der Waals surface area contributed by atoms with Crippen LogP contribution in [0.15, 0.2) is 57.9 Å². The van der Waals surface area contributed by atoms with E-state index in [4.69, 9.17) is 9.47 Å². The first-order valence-corrected chi connectivity index (χ1v) is 12.4. The lowest BCUT2D eigenvalue weighted by Crippen LogP contribution is -2.48. The highest BCUT2D eigenvalue weighted by Crippen LogP contribution is 2.31. The van der Waals surface area contributed by atoms with E-state index in [9.17, 15) is 18.0 Å². The molecule has 4 rings (SSSR count). The number of halogens is 1. The number of sulfonamides is 1. The molecule has 2 saturated heterocycles. The second kappa shape index (κ2) is 9.30. The van der Waals surface area contributed by atoms with E-state index in [0.717, 1.165) is 20.1 Å². The third-order valence-electron chi connectivity index (χ3n) is 5.63. The van der Waals surface area contributed by atoms with E-state index in [1.807, 2.05) is 0 Å². The van der Waals surface area contributed by atoms with Crippen molar-refractivity contribution < 1.29 is 27.5 Å². The topological polar surface area (TPSA) is 93.2 Å². The molecule has 2 atom stereocenters. The Morgan fingerprint density at radius 3 is 2.41 bits per heavy atom. The number of carbonyl (C=O) groups is 2. The standard InChI is InChI=1S/C22H23BrN2O6S/c1-30-17-8-6-16(7-9-17)25-21(26)13-20(22(25)27)24(14-18-3-2-12-31-18)32(28,29)19-10-4-15(23)5-11-19/h4-11,18,20H,2-3,12-14H2,1H3. The molecule has 0 N–H and O–H groups in total. The van der Waals surface area contributed by atoms with Gasteiger partial charge in [0, 0.05) is 17.6 Å². The summed E-state index contributed by atoms with van der Waals surface area (Å²) < 4.78 is 39.8. The van der Waals surface area contributed by atoms with Gasteiger partial charge in [-0.2, -0.15) is 4.31 Å². The molecule has 0 saturated carbocycles. The SMILES string of the molecule is COc1ccc(N2C(=O)CC(N(CC3CCCO3)S(=O)(=O)c3ccc(Br)cc3)C2=O)cc1. The van der Waals surface area contributed by atoms with Crippen molar-refractivity contribution in [3.05, 3.63) is 53.0 Å². The molecule has 0 aliphatic carbocycles. The lowest BCUT2D eigenvalue weighted by atomic mass is 10.2. The number of imide groups is 1. The second-order valence-electron chi connectivity index (χ2n) is 7.65. The third kappa shape index (κ3) is 4.45. The molecule has 170 valence electrons. The van der Waals surface area contributed by atoms with Crippen molar-refractivity contribution in [2.45, 2.75) is 36.3 Å². The molecule has 2 fully saturated rings. The maximum absolute atomic E-state index is 13.6. The first kappa shape index (κ1) is 22.9. The van der Waals surface area contributed by atoms with Crippen molar-refractivity contribution in [1.29, 1.82) is 0 Å². The molecule has 2 unspecified atom stereocenters. The number of carbonyl (C=O) groups excluding carboxylic acids is 2. The van der Waals surface area contributed by atoms with Gasteiger partial charge in [0.1, 0.15) is 11.8 Å². The quantitative estimate of drug-likeness (QED) is 0.519. The molecule has 2 aliphatic heterocycles. The summed E-state index contributed by atoms with van der Waals surface area (Å²) in [5.74, 6) is -0.436. The predicted molar refractivity (Wildman–Crippen MR) is 121 cm³/mol. The normalized spacial score (nSPS) is 21.5. The Morgan fingerprint density at radius 1 is 1.12 bits per heavy atom. The maximum atomic E-state index is 13.6. The predicted octanol–water partition coefficient (Wildman–Crippen LogP) is 2.96. The van der Waals surface area contributed by atoms with E-state index in [1.165, 1.54) is 19.2 Å². The summed E-state index contributed by atoms with van der Waals surface area (Å²) in [5, 5.41) is 0. The third-order valence-corrected chi connectivity index (χ3v) is 8.05. The van der Waals surface area contributed by atoms with Crippen LogP contribution in [-0.4, -0.2) is 56.9 Å². The van der Waals surface area contributed by atoms with Gasteiger partial charge in [-0.05, 0) is 61.4 Å². The fraction of sp³-hybridized carbons (Fsp3) is 0.364. The zero-order valence-electron chi connectivity index (χ0n) is 17.4. The van der Waals surface area contributed by atoms with Crippen LogP contribution in [0.5, 0.6) is 5.75 Å². The largest absolute Gasteiger partial charge is 0.497 e. The Bertz CT molecular complexity index is 1100. The number of anilines is 1. The molecular formula is C22H23BrN2O6S. The van der Waals surface area contributed by atoms with Crippen LogP contribution in [0.25, 0.3) is 0 Å². The van der Waals surface area contributed by atoms with Gasteiger partial charge >= 0.3 is 0 Å². The van der Waals surface area contributed by atoms with Crippen LogP contribution in [0, 0.1) is 0 Å². The van der Waals surface area contributed by atoms with Crippen molar-refractivity contribution >= 4 is 43.5 Å². The van der Waals surface area contributed by atoms with Gasteiger partial charge in [-0.15, -0.1) is 0 Å². The molecule has 2 aromatic carbocycles. The van der Waals surface area contributed by atoms with Gasteiger partial charge in [0.25, 0.3) is 5.91 Å². The Labute approximate surface area is 195 Å². The number of amides is 2. The van der Waals surface area contributed by atoms with Crippen LogP contribution in [0.3, 0.4) is 0 Å². The van der Waals surface area contributed by atoms with Gasteiger partial charge in [0.2, 0.25) is 15.9 Å². The van der Waals surface area contributed by atoms with Crippen LogP contribution in [-0.2, 0) is 24.3 Å². The number of nitrogens with zero attached hydrogens (tertiary/aromatic N) is 2. The number of methoxy groups -OCH3 is 1. The van der Waals surface area contributed by atoms with Crippen LogP contribution in [0.4, 0.5) is 5.69 Å². The lowest BCUT2D eigenvalue weighted by Gasteiger charge is -2.29. The minimum atomic E-state index is -4.05. The number of benzene rings is 2. The minimum Gasteiger partial charge on any atom is -0.497 e. The molecule has 2 amide bonds. The summed E-state index contributed by atoms with van der Waals surface area (Å²) in [5.41, 5.74) is 0.376. The van der Waals surface area contributed by atoms with E-state index >= 15 is 0 Å². The van der Waals surface area contributed by atoms with Crippen LogP contribution in [0.2, 0.25) is 0 Å². The van der Waals surface area contributed by atoms with E-state index < -0.39 is 27.9 Å². The van der Waals surface area contributed by atoms with E-state index in [1.54, 1.807) is 36.4 Å². The highest BCUT2D eigenvalue weighted by Gasteiger charge is 2.47. The summed E-state index contributed by atoms with van der Waals surface area (Å²) in [6, 6.07) is 11.6. The van der Waals surface area contributed by atoms with E-state index in [-0.39, 0.29) is 24.0 Å². The summed E-state index contributed by atoms with van der Waals surface area (Å²) in [6.45, 7) is 0.560. The molecule has 2 aliphatic rings. The fourth-order valence-corrected chi connectivity index (χ4v) is 5.84. The van der Waals surface area contributed by atoms with Crippen molar-refractivity contribution in [2.24, 2.45) is 0 Å². The van der Waals surface area contributed by atoms with Crippen LogP contribution in [0.1, 0.15) is 19.3 Å². The molecule has 0 bridgehead atoms. The molecule has 2 aromatic rings. The zero-order chi connectivity index (χ0) is 22.9. The molecule has 0 spiro atoms. The number of hydrogen-bond donors (Lipinski definition) is 0. The van der Waals surface area contributed by atoms with Gasteiger partial charge in [0.15, 0.2) is 0 Å². The Hall–Kier alpha value is -2.27. The molecule has 10 heteroatoms. The highest BCUT2D eigenvalue weighted by atomic mass is 79.9. The number of ether oxygens (including phenoxy) is 2. The zero-order valence-corrected chi connectivity index (χ0v) is 19.8. The number of rotatable bonds is 7. The summed E-state index contributed by atoms with van der Waals surface area (Å²) in [7, 11) is -2.53. The smallest absolute Gasteiger partial charge is 0.252 e. The van der Waals surface area contributed by atoms with Gasteiger partial charge in [0.05, 0.1) is 30.2 Å². The highest BCUT2D eigenvalue weighted by molar-refractivity contribution is 9.10. The van der Waals surface area contributed by atoms with E-state index in [2.05, 4.69) is 15.9 Å². The average molecular weight is 523 g/mol. The molecule has 0 radical (unpaired) electrons. The Kier molecular flexibility index (Phi) is 6.66. The summed E-state index contributed by atoms with van der Waals surface area (Å²) in [4.78, 5) is 27.3. The van der Waals surface area contributed by atoms with E-state index in [0.29, 0.717) is 24.5 Å². The monoisotopic (exact) mass is 522 g/mol. The Balaban J connectivity index is 1.68. The first-order valence-electron chi connectivity index (χ1n) is 10.2. The van der Waals surface area contributed by atoms with Crippen molar-refractivity contribution in [2.75, 3.05) is 25.2 Å². The fourth-order valence-electron chi connectivity index (χ4n) is 3.97. The van der Waals surface area contributed by atoms with Crippen molar-refractivity contribution in [3.8, 4) is 5.75 Å².